The summed E-state index contributed by atoms with van der Waals surface area (Å²) in [5.41, 5.74) is 1.15. The monoisotopic (exact) mass is 261 g/mol. The third-order valence-corrected chi connectivity index (χ3v) is 2.86. The Morgan fingerprint density at radius 3 is 2.79 bits per heavy atom. The third-order valence-electron chi connectivity index (χ3n) is 2.86. The normalized spacial score (nSPS) is 11.4. The molecule has 0 radical (unpaired) electrons. The highest BCUT2D eigenvalue weighted by Gasteiger charge is 2.11. The predicted octanol–water partition coefficient (Wildman–Crippen LogP) is 3.16. The van der Waals surface area contributed by atoms with Crippen molar-refractivity contribution in [3.63, 3.8) is 0 Å². The molecular formula is C16H23NO2. The molecule has 1 N–H and O–H groups in total. The average Bonchev–Trinajstić information content (AvgIpc) is 2.43. The maximum Gasteiger partial charge on any atom is 0.127 e. The maximum absolute atomic E-state index is 5.83. The van der Waals surface area contributed by atoms with E-state index in [9.17, 15) is 0 Å². The molecule has 1 unspecified atom stereocenters. The summed E-state index contributed by atoms with van der Waals surface area (Å²) in [5, 5.41) is 3.39. The summed E-state index contributed by atoms with van der Waals surface area (Å²) >= 11 is 0. The van der Waals surface area contributed by atoms with Gasteiger partial charge in [-0.05, 0) is 26.5 Å². The van der Waals surface area contributed by atoms with Crippen molar-refractivity contribution in [1.29, 1.82) is 0 Å². The Balaban J connectivity index is 2.84. The molecule has 104 valence electrons. The highest BCUT2D eigenvalue weighted by molar-refractivity contribution is 5.42. The van der Waals surface area contributed by atoms with Crippen molar-refractivity contribution in [2.45, 2.75) is 33.2 Å². The molecule has 1 aromatic carbocycles. The van der Waals surface area contributed by atoms with E-state index in [1.54, 1.807) is 7.11 Å². The number of rotatable bonds is 7. The fourth-order valence-electron chi connectivity index (χ4n) is 1.88. The number of methoxy groups -OCH3 is 1. The van der Waals surface area contributed by atoms with E-state index in [-0.39, 0.29) is 6.04 Å². The molecule has 0 saturated heterocycles. The van der Waals surface area contributed by atoms with Gasteiger partial charge < -0.3 is 14.8 Å². The lowest BCUT2D eigenvalue weighted by Crippen LogP contribution is -2.18. The summed E-state index contributed by atoms with van der Waals surface area (Å²) in [6.07, 6.45) is 0.739. The number of nitrogens with one attached hydrogen (secondary N) is 1. The molecule has 0 heterocycles. The summed E-state index contributed by atoms with van der Waals surface area (Å²) in [5.74, 6) is 7.54. The van der Waals surface area contributed by atoms with Gasteiger partial charge in [-0.2, -0.15) is 0 Å². The van der Waals surface area contributed by atoms with Crippen molar-refractivity contribution in [1.82, 2.24) is 5.32 Å². The molecule has 0 amide bonds. The first kappa shape index (κ1) is 15.4. The molecule has 1 atom stereocenters. The number of ether oxygens (including phenoxy) is 2. The molecule has 0 spiro atoms. The molecule has 0 bridgehead atoms. The van der Waals surface area contributed by atoms with E-state index in [4.69, 9.17) is 9.47 Å². The number of hydrogen-bond donors (Lipinski definition) is 1. The fraction of sp³-hybridized carbons (Fsp3) is 0.500. The Labute approximate surface area is 116 Å². The van der Waals surface area contributed by atoms with Gasteiger partial charge in [-0.1, -0.05) is 13.0 Å². The second-order valence-electron chi connectivity index (χ2n) is 4.21. The Hall–Kier alpha value is -1.66. The van der Waals surface area contributed by atoms with Crippen LogP contribution in [0.2, 0.25) is 0 Å². The highest BCUT2D eigenvalue weighted by Crippen LogP contribution is 2.29. The van der Waals surface area contributed by atoms with Crippen molar-refractivity contribution in [2.75, 3.05) is 20.3 Å². The standard InChI is InChI=1S/C16H23NO2/c1-5-7-8-11-19-16-12-14(18-4)9-10-15(16)13(3)17-6-2/h9-10,12-13,17H,6,8,11H2,1-4H3. The SMILES string of the molecule is CC#CCCOc1cc(OC)ccc1C(C)NCC. The highest BCUT2D eigenvalue weighted by atomic mass is 16.5. The smallest absolute Gasteiger partial charge is 0.127 e. The average molecular weight is 261 g/mol. The third kappa shape index (κ3) is 4.84. The van der Waals surface area contributed by atoms with Gasteiger partial charge in [-0.15, -0.1) is 11.8 Å². The van der Waals surface area contributed by atoms with Gasteiger partial charge in [-0.25, -0.2) is 0 Å². The van der Waals surface area contributed by atoms with E-state index in [0.29, 0.717) is 6.61 Å². The molecule has 0 aliphatic carbocycles. The van der Waals surface area contributed by atoms with Crippen LogP contribution in [0.3, 0.4) is 0 Å². The van der Waals surface area contributed by atoms with Gasteiger partial charge in [0.05, 0.1) is 13.7 Å². The lowest BCUT2D eigenvalue weighted by atomic mass is 10.1. The van der Waals surface area contributed by atoms with Gasteiger partial charge in [-0.3, -0.25) is 0 Å². The molecule has 0 aliphatic heterocycles. The van der Waals surface area contributed by atoms with Crippen LogP contribution >= 0.6 is 0 Å². The summed E-state index contributed by atoms with van der Waals surface area (Å²) < 4.78 is 11.1. The predicted molar refractivity (Wildman–Crippen MR) is 78.6 cm³/mol. The number of benzene rings is 1. The van der Waals surface area contributed by atoms with Crippen molar-refractivity contribution in [3.8, 4) is 23.3 Å². The van der Waals surface area contributed by atoms with Crippen LogP contribution in [0.1, 0.15) is 38.8 Å². The minimum absolute atomic E-state index is 0.253. The molecule has 0 aliphatic rings. The first-order valence-electron chi connectivity index (χ1n) is 6.66. The zero-order chi connectivity index (χ0) is 14.1. The van der Waals surface area contributed by atoms with Gasteiger partial charge in [0.1, 0.15) is 11.5 Å². The molecule has 3 nitrogen and oxygen atoms in total. The van der Waals surface area contributed by atoms with E-state index in [0.717, 1.165) is 30.0 Å². The van der Waals surface area contributed by atoms with E-state index in [1.807, 2.05) is 25.1 Å². The van der Waals surface area contributed by atoms with Crippen LogP contribution in [0.15, 0.2) is 18.2 Å². The van der Waals surface area contributed by atoms with Crippen LogP contribution in [-0.2, 0) is 0 Å². The van der Waals surface area contributed by atoms with Crippen molar-refractivity contribution in [3.05, 3.63) is 23.8 Å². The van der Waals surface area contributed by atoms with E-state index in [2.05, 4.69) is 31.0 Å². The van der Waals surface area contributed by atoms with Crippen LogP contribution in [0.25, 0.3) is 0 Å². The Morgan fingerprint density at radius 1 is 1.37 bits per heavy atom. The Bertz CT molecular complexity index is 446. The van der Waals surface area contributed by atoms with Crippen molar-refractivity contribution >= 4 is 0 Å². The van der Waals surface area contributed by atoms with Gasteiger partial charge in [0.25, 0.3) is 0 Å². The molecule has 1 aromatic rings. The first-order chi connectivity index (χ1) is 9.22. The minimum Gasteiger partial charge on any atom is -0.497 e. The molecule has 0 saturated carbocycles. The van der Waals surface area contributed by atoms with Crippen LogP contribution in [-0.4, -0.2) is 20.3 Å². The quantitative estimate of drug-likeness (QED) is 0.604. The molecular weight excluding hydrogens is 238 g/mol. The Kier molecular flexibility index (Phi) is 6.84. The molecule has 3 heteroatoms. The first-order valence-corrected chi connectivity index (χ1v) is 6.66. The second kappa shape index (κ2) is 8.44. The largest absolute Gasteiger partial charge is 0.497 e. The van der Waals surface area contributed by atoms with Gasteiger partial charge >= 0.3 is 0 Å². The minimum atomic E-state index is 0.253. The lowest BCUT2D eigenvalue weighted by Gasteiger charge is -2.18. The number of hydrogen-bond acceptors (Lipinski definition) is 3. The van der Waals surface area contributed by atoms with Crippen molar-refractivity contribution < 1.29 is 9.47 Å². The molecule has 1 rings (SSSR count). The summed E-state index contributed by atoms with van der Waals surface area (Å²) in [4.78, 5) is 0. The molecule has 0 aromatic heterocycles. The lowest BCUT2D eigenvalue weighted by molar-refractivity contribution is 0.317. The van der Waals surface area contributed by atoms with Gasteiger partial charge in [0.2, 0.25) is 0 Å². The fourth-order valence-corrected chi connectivity index (χ4v) is 1.88. The van der Waals surface area contributed by atoms with Crippen molar-refractivity contribution in [2.24, 2.45) is 0 Å². The van der Waals surface area contributed by atoms with E-state index in [1.165, 1.54) is 0 Å². The van der Waals surface area contributed by atoms with Gasteiger partial charge in [0, 0.05) is 24.1 Å². The van der Waals surface area contributed by atoms with E-state index < -0.39 is 0 Å². The molecule has 0 fully saturated rings. The zero-order valence-corrected chi connectivity index (χ0v) is 12.2. The topological polar surface area (TPSA) is 30.5 Å². The summed E-state index contributed by atoms with van der Waals surface area (Å²) in [6, 6.07) is 6.19. The van der Waals surface area contributed by atoms with Crippen LogP contribution < -0.4 is 14.8 Å². The van der Waals surface area contributed by atoms with E-state index >= 15 is 0 Å². The summed E-state index contributed by atoms with van der Waals surface area (Å²) in [6.45, 7) is 7.58. The summed E-state index contributed by atoms with van der Waals surface area (Å²) in [7, 11) is 1.66. The Morgan fingerprint density at radius 2 is 2.16 bits per heavy atom. The van der Waals surface area contributed by atoms with Crippen LogP contribution in [0.4, 0.5) is 0 Å². The second-order valence-corrected chi connectivity index (χ2v) is 4.21. The molecule has 19 heavy (non-hydrogen) atoms. The maximum atomic E-state index is 5.83. The van der Waals surface area contributed by atoms with Crippen LogP contribution in [0, 0.1) is 11.8 Å². The zero-order valence-electron chi connectivity index (χ0n) is 12.2. The van der Waals surface area contributed by atoms with Crippen LogP contribution in [0.5, 0.6) is 11.5 Å². The van der Waals surface area contributed by atoms with Gasteiger partial charge in [0.15, 0.2) is 0 Å².